The van der Waals surface area contributed by atoms with Gasteiger partial charge in [0.15, 0.2) is 0 Å². The van der Waals surface area contributed by atoms with Crippen LogP contribution in [0.25, 0.3) is 0 Å². The number of nitrogens with one attached hydrogen (secondary N) is 2. The smallest absolute Gasteiger partial charge is 0.238 e. The van der Waals surface area contributed by atoms with Crippen molar-refractivity contribution >= 4 is 17.7 Å². The monoisotopic (exact) mass is 259 g/mol. The lowest BCUT2D eigenvalue weighted by Gasteiger charge is -2.30. The molecule has 1 atom stereocenters. The van der Waals surface area contributed by atoms with E-state index in [1.165, 1.54) is 0 Å². The molecule has 0 aromatic carbocycles. The zero-order chi connectivity index (χ0) is 12.8. The Morgan fingerprint density at radius 1 is 1.41 bits per heavy atom. The van der Waals surface area contributed by atoms with Gasteiger partial charge in [-0.3, -0.25) is 15.0 Å². The Labute approximate surface area is 109 Å². The van der Waals surface area contributed by atoms with E-state index in [9.17, 15) is 4.79 Å². The Balaban J connectivity index is 2.23. The summed E-state index contributed by atoms with van der Waals surface area (Å²) in [6.45, 7) is 10.4. The SMILES string of the molecule is CC(C)N(CCNC(=O)C1CSCN1)C(C)C. The van der Waals surface area contributed by atoms with Gasteiger partial charge in [0.1, 0.15) is 0 Å². The van der Waals surface area contributed by atoms with Crippen molar-refractivity contribution < 1.29 is 4.79 Å². The van der Waals surface area contributed by atoms with Gasteiger partial charge in [-0.25, -0.2) is 0 Å². The lowest BCUT2D eigenvalue weighted by Crippen LogP contribution is -2.46. The Hall–Kier alpha value is -0.260. The number of carbonyl (C=O) groups excluding carboxylic acids is 1. The molecule has 0 aliphatic carbocycles. The maximum absolute atomic E-state index is 11.8. The van der Waals surface area contributed by atoms with Crippen molar-refractivity contribution in [1.29, 1.82) is 0 Å². The molecular weight excluding hydrogens is 234 g/mol. The molecule has 1 heterocycles. The first-order chi connectivity index (χ1) is 8.02. The van der Waals surface area contributed by atoms with Gasteiger partial charge in [0.05, 0.1) is 6.04 Å². The predicted octanol–water partition coefficient (Wildman–Crippen LogP) is 0.884. The summed E-state index contributed by atoms with van der Waals surface area (Å²) < 4.78 is 0. The minimum absolute atomic E-state index is 0.00606. The van der Waals surface area contributed by atoms with Crippen LogP contribution in [-0.4, -0.2) is 53.7 Å². The summed E-state index contributed by atoms with van der Waals surface area (Å²) in [6.07, 6.45) is 0. The molecule has 1 aliphatic heterocycles. The van der Waals surface area contributed by atoms with Crippen molar-refractivity contribution in [2.45, 2.75) is 45.8 Å². The fourth-order valence-electron chi connectivity index (χ4n) is 2.11. The third-order valence-electron chi connectivity index (χ3n) is 3.03. The van der Waals surface area contributed by atoms with E-state index in [-0.39, 0.29) is 11.9 Å². The van der Waals surface area contributed by atoms with E-state index in [0.717, 1.165) is 24.7 Å². The second-order valence-electron chi connectivity index (χ2n) is 4.99. The average molecular weight is 259 g/mol. The van der Waals surface area contributed by atoms with Crippen molar-refractivity contribution in [3.05, 3.63) is 0 Å². The molecule has 0 saturated carbocycles. The fraction of sp³-hybridized carbons (Fsp3) is 0.917. The highest BCUT2D eigenvalue weighted by Crippen LogP contribution is 2.09. The summed E-state index contributed by atoms with van der Waals surface area (Å²) >= 11 is 1.78. The molecule has 100 valence electrons. The summed E-state index contributed by atoms with van der Waals surface area (Å²) in [5.41, 5.74) is 0. The van der Waals surface area contributed by atoms with Crippen LogP contribution in [0.1, 0.15) is 27.7 Å². The van der Waals surface area contributed by atoms with Crippen LogP contribution >= 0.6 is 11.8 Å². The molecular formula is C12H25N3OS. The van der Waals surface area contributed by atoms with Gasteiger partial charge in [-0.05, 0) is 27.7 Å². The molecule has 1 saturated heterocycles. The summed E-state index contributed by atoms with van der Waals surface area (Å²) in [4.78, 5) is 14.1. The molecule has 1 rings (SSSR count). The van der Waals surface area contributed by atoms with E-state index in [4.69, 9.17) is 0 Å². The third kappa shape index (κ3) is 4.85. The molecule has 0 bridgehead atoms. The number of rotatable bonds is 6. The first-order valence-electron chi connectivity index (χ1n) is 6.37. The zero-order valence-electron chi connectivity index (χ0n) is 11.3. The summed E-state index contributed by atoms with van der Waals surface area (Å²) in [5, 5.41) is 6.19. The lowest BCUT2D eigenvalue weighted by atomic mass is 10.2. The Morgan fingerprint density at radius 3 is 2.53 bits per heavy atom. The van der Waals surface area contributed by atoms with Crippen molar-refractivity contribution in [2.24, 2.45) is 0 Å². The molecule has 0 radical (unpaired) electrons. The van der Waals surface area contributed by atoms with E-state index < -0.39 is 0 Å². The molecule has 5 heteroatoms. The highest BCUT2D eigenvalue weighted by molar-refractivity contribution is 7.99. The first-order valence-corrected chi connectivity index (χ1v) is 7.52. The van der Waals surface area contributed by atoms with Crippen LogP contribution < -0.4 is 10.6 Å². The second kappa shape index (κ2) is 7.24. The largest absolute Gasteiger partial charge is 0.353 e. The number of thioether (sulfide) groups is 1. The van der Waals surface area contributed by atoms with Crippen molar-refractivity contribution in [3.8, 4) is 0 Å². The summed E-state index contributed by atoms with van der Waals surface area (Å²) in [7, 11) is 0. The van der Waals surface area contributed by atoms with Crippen LogP contribution in [0, 0.1) is 0 Å². The highest BCUT2D eigenvalue weighted by atomic mass is 32.2. The maximum Gasteiger partial charge on any atom is 0.238 e. The quantitative estimate of drug-likeness (QED) is 0.743. The van der Waals surface area contributed by atoms with Crippen molar-refractivity contribution in [1.82, 2.24) is 15.5 Å². The number of amides is 1. The van der Waals surface area contributed by atoms with Gasteiger partial charge in [-0.15, -0.1) is 11.8 Å². The van der Waals surface area contributed by atoms with Crippen LogP contribution in [0.5, 0.6) is 0 Å². The van der Waals surface area contributed by atoms with Crippen molar-refractivity contribution in [3.63, 3.8) is 0 Å². The lowest BCUT2D eigenvalue weighted by molar-refractivity contribution is -0.122. The molecule has 2 N–H and O–H groups in total. The number of nitrogens with zero attached hydrogens (tertiary/aromatic N) is 1. The molecule has 1 unspecified atom stereocenters. The second-order valence-corrected chi connectivity index (χ2v) is 6.02. The fourth-order valence-corrected chi connectivity index (χ4v) is 3.05. The number of hydrogen-bond acceptors (Lipinski definition) is 4. The zero-order valence-corrected chi connectivity index (χ0v) is 12.1. The highest BCUT2D eigenvalue weighted by Gasteiger charge is 2.22. The topological polar surface area (TPSA) is 44.4 Å². The van der Waals surface area contributed by atoms with E-state index in [1.54, 1.807) is 11.8 Å². The number of hydrogen-bond donors (Lipinski definition) is 2. The minimum Gasteiger partial charge on any atom is -0.353 e. The molecule has 0 spiro atoms. The average Bonchev–Trinajstić information content (AvgIpc) is 2.76. The minimum atomic E-state index is 0.00606. The first kappa shape index (κ1) is 14.8. The van der Waals surface area contributed by atoms with E-state index in [1.807, 2.05) is 0 Å². The Kier molecular flexibility index (Phi) is 6.30. The standard InChI is InChI=1S/C12H25N3OS/c1-9(2)15(10(3)4)6-5-13-12(16)11-7-17-8-14-11/h9-11,14H,5-8H2,1-4H3,(H,13,16). The van der Waals surface area contributed by atoms with E-state index in [2.05, 4.69) is 43.2 Å². The molecule has 0 aromatic heterocycles. The van der Waals surface area contributed by atoms with Gasteiger partial charge in [-0.2, -0.15) is 0 Å². The molecule has 17 heavy (non-hydrogen) atoms. The van der Waals surface area contributed by atoms with Crippen LogP contribution in [0.15, 0.2) is 0 Å². The van der Waals surface area contributed by atoms with Crippen molar-refractivity contribution in [2.75, 3.05) is 24.7 Å². The Bertz CT molecular complexity index is 232. The van der Waals surface area contributed by atoms with Gasteiger partial charge < -0.3 is 5.32 Å². The molecule has 0 aromatic rings. The van der Waals surface area contributed by atoms with Gasteiger partial charge in [-0.1, -0.05) is 0 Å². The maximum atomic E-state index is 11.8. The van der Waals surface area contributed by atoms with Crippen LogP contribution in [0.4, 0.5) is 0 Å². The van der Waals surface area contributed by atoms with E-state index >= 15 is 0 Å². The summed E-state index contributed by atoms with van der Waals surface area (Å²) in [5.74, 6) is 1.93. The normalized spacial score (nSPS) is 20.5. The van der Waals surface area contributed by atoms with Crippen LogP contribution in [0.3, 0.4) is 0 Å². The van der Waals surface area contributed by atoms with Gasteiger partial charge in [0.2, 0.25) is 5.91 Å². The van der Waals surface area contributed by atoms with E-state index in [0.29, 0.717) is 12.1 Å². The molecule has 1 fully saturated rings. The van der Waals surface area contributed by atoms with Gasteiger partial charge in [0.25, 0.3) is 0 Å². The van der Waals surface area contributed by atoms with Crippen LogP contribution in [0.2, 0.25) is 0 Å². The third-order valence-corrected chi connectivity index (χ3v) is 3.97. The Morgan fingerprint density at radius 2 is 2.06 bits per heavy atom. The molecule has 4 nitrogen and oxygen atoms in total. The summed E-state index contributed by atoms with van der Waals surface area (Å²) in [6, 6.07) is 1.05. The number of carbonyl (C=O) groups is 1. The van der Waals surface area contributed by atoms with Gasteiger partial charge >= 0.3 is 0 Å². The van der Waals surface area contributed by atoms with Gasteiger partial charge in [0, 0.05) is 36.8 Å². The molecule has 1 aliphatic rings. The molecule has 1 amide bonds. The van der Waals surface area contributed by atoms with Crippen LogP contribution in [-0.2, 0) is 4.79 Å². The predicted molar refractivity (Wildman–Crippen MR) is 74.2 cm³/mol.